The third kappa shape index (κ3) is 4.93. The Balaban J connectivity index is 1.56. The van der Waals surface area contributed by atoms with Crippen molar-refractivity contribution in [3.05, 3.63) is 29.8 Å². The van der Waals surface area contributed by atoms with Crippen molar-refractivity contribution in [2.75, 3.05) is 24.5 Å². The van der Waals surface area contributed by atoms with Gasteiger partial charge in [0.25, 0.3) is 0 Å². The summed E-state index contributed by atoms with van der Waals surface area (Å²) in [4.78, 5) is 27.7. The van der Waals surface area contributed by atoms with Crippen molar-refractivity contribution in [1.29, 1.82) is 5.26 Å². The van der Waals surface area contributed by atoms with E-state index in [-0.39, 0.29) is 12.3 Å². The number of hydrogen-bond acceptors (Lipinski definition) is 7. The number of hydrogen-bond donors (Lipinski definition) is 0. The molecule has 150 valence electrons. The van der Waals surface area contributed by atoms with Crippen molar-refractivity contribution in [3.8, 4) is 6.07 Å². The largest absolute Gasteiger partial charge is 0.510 e. The van der Waals surface area contributed by atoms with E-state index in [1.54, 1.807) is 49.9 Å². The summed E-state index contributed by atoms with van der Waals surface area (Å²) >= 11 is 0. The summed E-state index contributed by atoms with van der Waals surface area (Å²) in [5.74, 6) is 0. The molecule has 3 rings (SSSR count). The molecule has 8 heteroatoms. The Hall–Kier alpha value is -2.79. The second kappa shape index (κ2) is 8.07. The topological polar surface area (TPSA) is 92.1 Å². The van der Waals surface area contributed by atoms with E-state index in [0.717, 1.165) is 19.4 Å². The number of cyclic esters (lactones) is 1. The molecule has 1 aromatic carbocycles. The van der Waals surface area contributed by atoms with Gasteiger partial charge in [0.2, 0.25) is 0 Å². The van der Waals surface area contributed by atoms with Gasteiger partial charge >= 0.3 is 12.2 Å². The molecule has 0 saturated carbocycles. The number of benzene rings is 1. The summed E-state index contributed by atoms with van der Waals surface area (Å²) in [6, 6.07) is 8.85. The molecule has 0 radical (unpaired) electrons. The quantitative estimate of drug-likeness (QED) is 0.732. The summed E-state index contributed by atoms with van der Waals surface area (Å²) in [5.41, 5.74) is 0.616. The molecule has 2 fully saturated rings. The SMILES string of the molecule is CC(C)(C)OC(=O)OC1CCCN1CC1CN(c2ccc(C#N)cc2)C(=O)O1. The number of ether oxygens (including phenoxy) is 3. The van der Waals surface area contributed by atoms with Gasteiger partial charge in [0.1, 0.15) is 11.7 Å². The number of amides is 1. The monoisotopic (exact) mass is 387 g/mol. The summed E-state index contributed by atoms with van der Waals surface area (Å²) < 4.78 is 16.2. The first-order valence-corrected chi connectivity index (χ1v) is 9.37. The standard InChI is InChI=1S/C20H25N3O5/c1-20(2,3)28-19(25)27-17-5-4-10-22(17)12-16-13-23(18(24)26-16)15-8-6-14(11-21)7-9-15/h6-9,16-17H,4-5,10,12-13H2,1-3H3. The molecule has 2 heterocycles. The third-order valence-electron chi connectivity index (χ3n) is 4.55. The molecule has 1 amide bonds. The van der Waals surface area contributed by atoms with Gasteiger partial charge in [-0.25, -0.2) is 9.59 Å². The summed E-state index contributed by atoms with van der Waals surface area (Å²) in [5, 5.41) is 8.89. The Labute approximate surface area is 164 Å². The minimum absolute atomic E-state index is 0.328. The molecular weight excluding hydrogens is 362 g/mol. The molecule has 28 heavy (non-hydrogen) atoms. The molecule has 2 atom stereocenters. The van der Waals surface area contributed by atoms with E-state index in [4.69, 9.17) is 19.5 Å². The number of nitrogens with zero attached hydrogens (tertiary/aromatic N) is 3. The summed E-state index contributed by atoms with van der Waals surface area (Å²) in [7, 11) is 0. The first-order chi connectivity index (χ1) is 13.2. The summed E-state index contributed by atoms with van der Waals surface area (Å²) in [6.07, 6.45) is -0.193. The molecule has 0 aliphatic carbocycles. The zero-order valence-corrected chi connectivity index (χ0v) is 16.4. The van der Waals surface area contributed by atoms with Gasteiger partial charge in [-0.2, -0.15) is 5.26 Å². The molecule has 2 unspecified atom stereocenters. The molecule has 0 aromatic heterocycles. The number of carbonyl (C=O) groups is 2. The molecule has 8 nitrogen and oxygen atoms in total. The third-order valence-corrected chi connectivity index (χ3v) is 4.55. The van der Waals surface area contributed by atoms with Gasteiger partial charge in [0.05, 0.1) is 18.2 Å². The molecule has 1 aromatic rings. The van der Waals surface area contributed by atoms with Crippen molar-refractivity contribution >= 4 is 17.9 Å². The predicted molar refractivity (Wildman–Crippen MR) is 101 cm³/mol. The number of carbonyl (C=O) groups excluding carboxylic acids is 2. The maximum absolute atomic E-state index is 12.2. The molecule has 2 saturated heterocycles. The number of nitriles is 1. The highest BCUT2D eigenvalue weighted by atomic mass is 16.7. The van der Waals surface area contributed by atoms with Crippen molar-refractivity contribution in [3.63, 3.8) is 0 Å². The Kier molecular flexibility index (Phi) is 5.75. The lowest BCUT2D eigenvalue weighted by molar-refractivity contribution is -0.0653. The second-order valence-corrected chi connectivity index (χ2v) is 7.95. The molecule has 2 aliphatic rings. The second-order valence-electron chi connectivity index (χ2n) is 7.95. The van der Waals surface area contributed by atoms with E-state index in [0.29, 0.717) is 24.3 Å². The normalized spacial score (nSPS) is 22.6. The molecular formula is C20H25N3O5. The molecule has 2 aliphatic heterocycles. The average molecular weight is 387 g/mol. The fourth-order valence-corrected chi connectivity index (χ4v) is 3.33. The van der Waals surface area contributed by atoms with Gasteiger partial charge in [-0.05, 0) is 57.9 Å². The van der Waals surface area contributed by atoms with Crippen LogP contribution in [0.3, 0.4) is 0 Å². The molecule has 0 spiro atoms. The van der Waals surface area contributed by atoms with E-state index in [2.05, 4.69) is 6.07 Å². The van der Waals surface area contributed by atoms with Crippen LogP contribution in [0.2, 0.25) is 0 Å². The Bertz CT molecular complexity index is 766. The number of likely N-dealkylation sites (tertiary alicyclic amines) is 1. The zero-order valence-electron chi connectivity index (χ0n) is 16.4. The minimum atomic E-state index is -0.688. The van der Waals surface area contributed by atoms with Crippen LogP contribution in [0.1, 0.15) is 39.2 Å². The Morgan fingerprint density at radius 2 is 2.04 bits per heavy atom. The first-order valence-electron chi connectivity index (χ1n) is 9.37. The minimum Gasteiger partial charge on any atom is -0.443 e. The van der Waals surface area contributed by atoms with E-state index in [1.165, 1.54) is 0 Å². The van der Waals surface area contributed by atoms with Crippen LogP contribution in [0.4, 0.5) is 15.3 Å². The first kappa shape index (κ1) is 20.0. The van der Waals surface area contributed by atoms with E-state index in [9.17, 15) is 9.59 Å². The highest BCUT2D eigenvalue weighted by Gasteiger charge is 2.37. The van der Waals surface area contributed by atoms with E-state index < -0.39 is 17.8 Å². The Morgan fingerprint density at radius 3 is 2.68 bits per heavy atom. The van der Waals surface area contributed by atoms with Crippen LogP contribution in [0.5, 0.6) is 0 Å². The van der Waals surface area contributed by atoms with Crippen molar-refractivity contribution in [1.82, 2.24) is 4.90 Å². The van der Waals surface area contributed by atoms with E-state index in [1.807, 2.05) is 4.90 Å². The van der Waals surface area contributed by atoms with Crippen LogP contribution in [-0.2, 0) is 14.2 Å². The van der Waals surface area contributed by atoms with Gasteiger partial charge in [0.15, 0.2) is 6.23 Å². The summed E-state index contributed by atoms with van der Waals surface area (Å²) in [6.45, 7) is 7.01. The van der Waals surface area contributed by atoms with Crippen molar-refractivity contribution in [2.45, 2.75) is 51.5 Å². The highest BCUT2D eigenvalue weighted by Crippen LogP contribution is 2.25. The van der Waals surface area contributed by atoms with Gasteiger partial charge in [-0.15, -0.1) is 0 Å². The fourth-order valence-electron chi connectivity index (χ4n) is 3.33. The number of rotatable bonds is 4. The lowest BCUT2D eigenvalue weighted by atomic mass is 10.2. The van der Waals surface area contributed by atoms with Crippen LogP contribution >= 0.6 is 0 Å². The predicted octanol–water partition coefficient (Wildman–Crippen LogP) is 3.26. The van der Waals surface area contributed by atoms with Crippen molar-refractivity contribution in [2.24, 2.45) is 0 Å². The highest BCUT2D eigenvalue weighted by molar-refractivity contribution is 5.89. The van der Waals surface area contributed by atoms with Crippen LogP contribution in [0.15, 0.2) is 24.3 Å². The van der Waals surface area contributed by atoms with Gasteiger partial charge in [0, 0.05) is 18.8 Å². The average Bonchev–Trinajstić information content (AvgIpc) is 3.20. The van der Waals surface area contributed by atoms with Crippen LogP contribution in [0, 0.1) is 11.3 Å². The maximum Gasteiger partial charge on any atom is 0.510 e. The lowest BCUT2D eigenvalue weighted by Crippen LogP contribution is -2.41. The maximum atomic E-state index is 12.2. The van der Waals surface area contributed by atoms with E-state index >= 15 is 0 Å². The van der Waals surface area contributed by atoms with Gasteiger partial charge in [-0.3, -0.25) is 9.80 Å². The fraction of sp³-hybridized carbons (Fsp3) is 0.550. The van der Waals surface area contributed by atoms with Crippen LogP contribution in [0.25, 0.3) is 0 Å². The number of anilines is 1. The molecule has 0 N–H and O–H groups in total. The smallest absolute Gasteiger partial charge is 0.443 e. The lowest BCUT2D eigenvalue weighted by Gasteiger charge is -2.27. The van der Waals surface area contributed by atoms with Gasteiger partial charge < -0.3 is 14.2 Å². The molecule has 0 bridgehead atoms. The Morgan fingerprint density at radius 1 is 1.32 bits per heavy atom. The van der Waals surface area contributed by atoms with Crippen LogP contribution < -0.4 is 4.90 Å². The van der Waals surface area contributed by atoms with Crippen LogP contribution in [-0.4, -0.2) is 54.7 Å². The van der Waals surface area contributed by atoms with Gasteiger partial charge in [-0.1, -0.05) is 0 Å². The van der Waals surface area contributed by atoms with Crippen molar-refractivity contribution < 1.29 is 23.8 Å². The zero-order chi connectivity index (χ0) is 20.3.